The van der Waals surface area contributed by atoms with Crippen molar-refractivity contribution in [3.63, 3.8) is 0 Å². The van der Waals surface area contributed by atoms with Gasteiger partial charge in [0.25, 0.3) is 0 Å². The molecule has 0 aliphatic carbocycles. The number of hydrogen-bond acceptors (Lipinski definition) is 6. The van der Waals surface area contributed by atoms with Gasteiger partial charge in [0.1, 0.15) is 11.6 Å². The predicted octanol–water partition coefficient (Wildman–Crippen LogP) is 3.91. The van der Waals surface area contributed by atoms with E-state index in [1.54, 1.807) is 0 Å². The first-order valence-electron chi connectivity index (χ1n) is 15.8. The lowest BCUT2D eigenvalue weighted by Gasteiger charge is -2.52. The number of carbonyl (C=O) groups excluding carboxylic acids is 3. The third-order valence-corrected chi connectivity index (χ3v) is 9.38. The summed E-state index contributed by atoms with van der Waals surface area (Å²) in [5.74, 6) is -0.380. The molecule has 2 atom stereocenters. The monoisotopic (exact) mass is 626 g/mol. The fraction of sp³-hybridized carbons (Fsp3) is 0.559. The summed E-state index contributed by atoms with van der Waals surface area (Å²) in [6, 6.07) is 15.7. The zero-order valence-corrected chi connectivity index (χ0v) is 26.7. The molecule has 2 aromatic carbocycles. The second kappa shape index (κ2) is 15.3. The van der Waals surface area contributed by atoms with Crippen molar-refractivity contribution in [3.8, 4) is 0 Å². The minimum absolute atomic E-state index is 0. The van der Waals surface area contributed by atoms with E-state index in [1.165, 1.54) is 23.6 Å². The lowest BCUT2D eigenvalue weighted by Crippen LogP contribution is -2.75. The molecule has 44 heavy (non-hydrogen) atoms. The maximum Gasteiger partial charge on any atom is 0.248 e. The number of benzene rings is 2. The number of carbonyl (C=O) groups is 3. The summed E-state index contributed by atoms with van der Waals surface area (Å²) >= 11 is 0. The lowest BCUT2D eigenvalue weighted by molar-refractivity contribution is -0.166. The highest BCUT2D eigenvalue weighted by atomic mass is 35.5. The van der Waals surface area contributed by atoms with Crippen LogP contribution in [-0.4, -0.2) is 83.2 Å². The number of piperazine rings is 1. The Bertz CT molecular complexity index is 1260. The number of likely N-dealkylation sites (tertiary alicyclic amines) is 1. The Morgan fingerprint density at radius 1 is 1.02 bits per heavy atom. The van der Waals surface area contributed by atoms with Gasteiger partial charge >= 0.3 is 0 Å². The SMILES string of the molecule is CCCCN1C(=O)[C@@H]([C@H](O)C2CCOCC2)NC(=O)C12CCN(Cc1ccc(Cc3ccc(NC(C)=O)cc3)cc1)CC2.Cl. The Morgan fingerprint density at radius 2 is 1.61 bits per heavy atom. The summed E-state index contributed by atoms with van der Waals surface area (Å²) in [6.45, 7) is 7.52. The molecule has 3 amide bonds. The van der Waals surface area contributed by atoms with Crippen LogP contribution in [0, 0.1) is 5.92 Å². The Balaban J connectivity index is 0.00000442. The van der Waals surface area contributed by atoms with Crippen LogP contribution >= 0.6 is 12.4 Å². The molecule has 3 aliphatic rings. The Hall–Kier alpha value is -2.98. The summed E-state index contributed by atoms with van der Waals surface area (Å²) < 4.78 is 5.44. The molecule has 3 N–H and O–H groups in total. The number of hydrogen-bond donors (Lipinski definition) is 3. The van der Waals surface area contributed by atoms with Gasteiger partial charge in [-0.25, -0.2) is 0 Å². The molecule has 2 aromatic rings. The molecule has 3 aliphatic heterocycles. The number of rotatable bonds is 10. The molecule has 0 saturated carbocycles. The van der Waals surface area contributed by atoms with Crippen molar-refractivity contribution in [1.29, 1.82) is 0 Å². The average Bonchev–Trinajstić information content (AvgIpc) is 3.02. The first kappa shape index (κ1) is 33.9. The van der Waals surface area contributed by atoms with E-state index in [9.17, 15) is 19.5 Å². The van der Waals surface area contributed by atoms with Crippen molar-refractivity contribution in [1.82, 2.24) is 15.1 Å². The number of piperidine rings is 1. The number of aliphatic hydroxyl groups excluding tert-OH is 1. The van der Waals surface area contributed by atoms with E-state index in [1.807, 2.05) is 29.2 Å². The minimum atomic E-state index is -0.895. The molecule has 1 spiro atoms. The van der Waals surface area contributed by atoms with Crippen LogP contribution in [0.3, 0.4) is 0 Å². The van der Waals surface area contributed by atoms with Crippen LogP contribution in [0.4, 0.5) is 5.69 Å². The number of anilines is 1. The van der Waals surface area contributed by atoms with Gasteiger partial charge in [0.15, 0.2) is 0 Å². The second-order valence-electron chi connectivity index (χ2n) is 12.4. The Kier molecular flexibility index (Phi) is 11.8. The lowest BCUT2D eigenvalue weighted by atomic mass is 9.79. The number of halogens is 1. The highest BCUT2D eigenvalue weighted by Crippen LogP contribution is 2.35. The molecule has 3 heterocycles. The molecule has 10 heteroatoms. The van der Waals surface area contributed by atoms with Gasteiger partial charge in [-0.15, -0.1) is 12.4 Å². The van der Waals surface area contributed by atoms with Gasteiger partial charge in [-0.1, -0.05) is 49.7 Å². The fourth-order valence-electron chi connectivity index (χ4n) is 6.78. The van der Waals surface area contributed by atoms with Crippen LogP contribution in [0.25, 0.3) is 0 Å². The highest BCUT2D eigenvalue weighted by Gasteiger charge is 2.55. The van der Waals surface area contributed by atoms with Crippen LogP contribution in [0.5, 0.6) is 0 Å². The molecule has 3 saturated heterocycles. The van der Waals surface area contributed by atoms with Crippen molar-refractivity contribution in [3.05, 3.63) is 65.2 Å². The zero-order valence-electron chi connectivity index (χ0n) is 25.9. The minimum Gasteiger partial charge on any atom is -0.390 e. The van der Waals surface area contributed by atoms with Gasteiger partial charge in [0.2, 0.25) is 17.7 Å². The van der Waals surface area contributed by atoms with Crippen LogP contribution in [-0.2, 0) is 32.1 Å². The molecule has 240 valence electrons. The number of unbranched alkanes of at least 4 members (excludes halogenated alkanes) is 1. The number of nitrogens with zero attached hydrogens (tertiary/aromatic N) is 2. The number of nitrogens with one attached hydrogen (secondary N) is 2. The van der Waals surface area contributed by atoms with Crippen LogP contribution < -0.4 is 10.6 Å². The molecule has 9 nitrogen and oxygen atoms in total. The van der Waals surface area contributed by atoms with E-state index in [4.69, 9.17) is 4.74 Å². The fourth-order valence-corrected chi connectivity index (χ4v) is 6.78. The number of aliphatic hydroxyl groups is 1. The van der Waals surface area contributed by atoms with E-state index in [0.717, 1.165) is 44.6 Å². The Morgan fingerprint density at radius 3 is 2.20 bits per heavy atom. The number of ether oxygens (including phenoxy) is 1. The predicted molar refractivity (Wildman–Crippen MR) is 173 cm³/mol. The Labute approximate surface area is 267 Å². The summed E-state index contributed by atoms with van der Waals surface area (Å²) in [4.78, 5) is 43.0. The molecular formula is C34H47ClN4O5. The molecule has 5 rings (SSSR count). The third-order valence-electron chi connectivity index (χ3n) is 9.38. The van der Waals surface area contributed by atoms with E-state index >= 15 is 0 Å². The van der Waals surface area contributed by atoms with Crippen molar-refractivity contribution in [2.45, 2.75) is 83.0 Å². The van der Waals surface area contributed by atoms with E-state index in [0.29, 0.717) is 45.4 Å². The largest absolute Gasteiger partial charge is 0.390 e. The molecule has 0 unspecified atom stereocenters. The molecule has 0 radical (unpaired) electrons. The summed E-state index contributed by atoms with van der Waals surface area (Å²) in [7, 11) is 0. The third kappa shape index (κ3) is 7.80. The van der Waals surface area contributed by atoms with Gasteiger partial charge in [0, 0.05) is 52.0 Å². The van der Waals surface area contributed by atoms with Crippen molar-refractivity contribution in [2.75, 3.05) is 38.2 Å². The van der Waals surface area contributed by atoms with Crippen molar-refractivity contribution < 1.29 is 24.2 Å². The van der Waals surface area contributed by atoms with Crippen molar-refractivity contribution >= 4 is 35.8 Å². The first-order chi connectivity index (χ1) is 20.8. The summed E-state index contributed by atoms with van der Waals surface area (Å²) in [5, 5.41) is 16.9. The maximum atomic E-state index is 13.8. The second-order valence-corrected chi connectivity index (χ2v) is 12.4. The first-order valence-corrected chi connectivity index (χ1v) is 15.8. The zero-order chi connectivity index (χ0) is 30.4. The number of amides is 3. The maximum absolute atomic E-state index is 13.8. The highest BCUT2D eigenvalue weighted by molar-refractivity contribution is 6.00. The summed E-state index contributed by atoms with van der Waals surface area (Å²) in [6.07, 6.45) is 4.24. The topological polar surface area (TPSA) is 111 Å². The van der Waals surface area contributed by atoms with Crippen LogP contribution in [0.2, 0.25) is 0 Å². The van der Waals surface area contributed by atoms with Crippen molar-refractivity contribution in [2.24, 2.45) is 5.92 Å². The van der Waals surface area contributed by atoms with E-state index in [-0.39, 0.29) is 36.0 Å². The van der Waals surface area contributed by atoms with Gasteiger partial charge in [-0.2, -0.15) is 0 Å². The van der Waals surface area contributed by atoms with Gasteiger partial charge in [-0.3, -0.25) is 19.3 Å². The van der Waals surface area contributed by atoms with Crippen LogP contribution in [0.15, 0.2) is 48.5 Å². The van der Waals surface area contributed by atoms with Crippen LogP contribution in [0.1, 0.15) is 69.1 Å². The van der Waals surface area contributed by atoms with Gasteiger partial charge in [-0.05, 0) is 73.3 Å². The van der Waals surface area contributed by atoms with E-state index < -0.39 is 17.7 Å². The smallest absolute Gasteiger partial charge is 0.248 e. The van der Waals surface area contributed by atoms with Gasteiger partial charge in [0.05, 0.1) is 6.10 Å². The average molecular weight is 627 g/mol. The summed E-state index contributed by atoms with van der Waals surface area (Å²) in [5.41, 5.74) is 3.56. The molecule has 0 bridgehead atoms. The normalized spacial score (nSPS) is 21.4. The van der Waals surface area contributed by atoms with Gasteiger partial charge < -0.3 is 25.4 Å². The molecular weight excluding hydrogens is 580 g/mol. The quantitative estimate of drug-likeness (QED) is 0.369. The molecule has 0 aromatic heterocycles. The van der Waals surface area contributed by atoms with E-state index in [2.05, 4.69) is 46.7 Å². The molecule has 3 fully saturated rings. The standard InChI is InChI=1S/C34H46N4O5.ClH/c1-3-4-17-38-32(41)30(31(40)28-13-20-43-21-14-28)36-33(42)34(38)15-18-37(19-16-34)23-27-7-5-25(6-8-27)22-26-9-11-29(12-10-26)35-24(2)39;/h5-12,28,30-31,40H,3-4,13-23H2,1-2H3,(H,35,39)(H,36,42);1H/t30-,31-;/m1./s1.